The summed E-state index contributed by atoms with van der Waals surface area (Å²) in [6, 6.07) is -1.18. The minimum atomic E-state index is -0.474. The first-order valence-electron chi connectivity index (χ1n) is 7.15. The number of terminal acetylenes is 1. The van der Waals surface area contributed by atoms with E-state index in [4.69, 9.17) is 6.42 Å². The predicted octanol–water partition coefficient (Wildman–Crippen LogP) is 1.30. The Kier molecular flexibility index (Phi) is 4.14. The summed E-state index contributed by atoms with van der Waals surface area (Å²) in [5.41, 5.74) is 0. The van der Waals surface area contributed by atoms with Crippen LogP contribution in [0.15, 0.2) is 0 Å². The van der Waals surface area contributed by atoms with Crippen molar-refractivity contribution in [2.24, 2.45) is 5.92 Å². The Labute approximate surface area is 114 Å². The number of hydrogen-bond donors (Lipinski definition) is 1. The summed E-state index contributed by atoms with van der Waals surface area (Å²) < 4.78 is 0. The van der Waals surface area contributed by atoms with Crippen LogP contribution in [0.3, 0.4) is 0 Å². The number of carbonyl (C=O) groups excluding carboxylic acids is 2. The molecule has 1 saturated heterocycles. The second-order valence-electron chi connectivity index (χ2n) is 5.65. The molecule has 3 unspecified atom stereocenters. The highest BCUT2D eigenvalue weighted by Crippen LogP contribution is 2.29. The quantitative estimate of drug-likeness (QED) is 0.763. The molecule has 2 aliphatic rings. The number of nitrogens with one attached hydrogen (secondary N) is 1. The minimum Gasteiger partial charge on any atom is -0.342 e. The van der Waals surface area contributed by atoms with Crippen LogP contribution < -0.4 is 5.32 Å². The number of piperazine rings is 1. The first-order valence-corrected chi connectivity index (χ1v) is 7.15. The lowest BCUT2D eigenvalue weighted by atomic mass is 9.82. The van der Waals surface area contributed by atoms with Crippen LogP contribution in [0.2, 0.25) is 0 Å². The van der Waals surface area contributed by atoms with Crippen molar-refractivity contribution >= 4 is 11.8 Å². The predicted molar refractivity (Wildman–Crippen MR) is 73.1 cm³/mol. The zero-order valence-corrected chi connectivity index (χ0v) is 11.7. The molecule has 0 aromatic heterocycles. The van der Waals surface area contributed by atoms with Gasteiger partial charge in [0.05, 0.1) is 6.04 Å². The van der Waals surface area contributed by atoms with Gasteiger partial charge in [0.1, 0.15) is 12.1 Å². The van der Waals surface area contributed by atoms with E-state index < -0.39 is 6.04 Å². The summed E-state index contributed by atoms with van der Waals surface area (Å²) in [6.45, 7) is 3.53. The highest BCUT2D eigenvalue weighted by Gasteiger charge is 2.43. The van der Waals surface area contributed by atoms with Gasteiger partial charge in [0, 0.05) is 0 Å². The van der Waals surface area contributed by atoms with Crippen molar-refractivity contribution in [2.75, 3.05) is 0 Å². The zero-order valence-electron chi connectivity index (χ0n) is 11.7. The minimum absolute atomic E-state index is 0.00977. The molecular weight excluding hydrogens is 240 g/mol. The largest absolute Gasteiger partial charge is 0.342 e. The Morgan fingerprint density at radius 2 is 1.95 bits per heavy atom. The molecule has 4 heteroatoms. The van der Waals surface area contributed by atoms with Crippen LogP contribution >= 0.6 is 0 Å². The highest BCUT2D eigenvalue weighted by molar-refractivity contribution is 5.97. The molecule has 1 aliphatic carbocycles. The van der Waals surface area contributed by atoms with Gasteiger partial charge in [-0.2, -0.15) is 0 Å². The molecule has 1 aliphatic heterocycles. The maximum absolute atomic E-state index is 12.6. The van der Waals surface area contributed by atoms with Crippen molar-refractivity contribution in [1.82, 2.24) is 10.2 Å². The molecule has 3 atom stereocenters. The van der Waals surface area contributed by atoms with Crippen molar-refractivity contribution in [3.63, 3.8) is 0 Å². The number of carbonyl (C=O) groups is 2. The molecular formula is C15H22N2O2. The summed E-state index contributed by atoms with van der Waals surface area (Å²) >= 11 is 0. The third-order valence-electron chi connectivity index (χ3n) is 4.39. The van der Waals surface area contributed by atoms with Crippen LogP contribution in [0, 0.1) is 18.3 Å². The van der Waals surface area contributed by atoms with Crippen LogP contribution in [-0.2, 0) is 9.59 Å². The van der Waals surface area contributed by atoms with Gasteiger partial charge in [-0.15, -0.1) is 6.42 Å². The van der Waals surface area contributed by atoms with Gasteiger partial charge in [-0.25, -0.2) is 0 Å². The molecule has 19 heavy (non-hydrogen) atoms. The SMILES string of the molecule is C#CC(C)N1C(=O)C(C2CCCCC2)NC(=O)C1C. The zero-order chi connectivity index (χ0) is 14.0. The Morgan fingerprint density at radius 1 is 1.32 bits per heavy atom. The maximum Gasteiger partial charge on any atom is 0.247 e. The highest BCUT2D eigenvalue weighted by atomic mass is 16.2. The van der Waals surface area contributed by atoms with E-state index in [1.807, 2.05) is 0 Å². The van der Waals surface area contributed by atoms with Gasteiger partial charge >= 0.3 is 0 Å². The number of nitrogens with zero attached hydrogens (tertiary/aromatic N) is 1. The molecule has 2 fully saturated rings. The van der Waals surface area contributed by atoms with E-state index in [1.54, 1.807) is 18.7 Å². The standard InChI is InChI=1S/C15H22N2O2/c1-4-10(2)17-11(3)14(18)16-13(15(17)19)12-8-6-5-7-9-12/h1,10-13H,5-9H2,2-3H3,(H,16,18). The van der Waals surface area contributed by atoms with E-state index in [0.29, 0.717) is 0 Å². The lowest BCUT2D eigenvalue weighted by molar-refractivity contribution is -0.151. The van der Waals surface area contributed by atoms with E-state index in [-0.39, 0.29) is 29.8 Å². The third kappa shape index (κ3) is 2.60. The molecule has 0 spiro atoms. The molecule has 2 rings (SSSR count). The lowest BCUT2D eigenvalue weighted by Crippen LogP contribution is -2.66. The van der Waals surface area contributed by atoms with Crippen molar-refractivity contribution in [3.8, 4) is 12.3 Å². The first kappa shape index (κ1) is 13.9. The molecule has 104 valence electrons. The van der Waals surface area contributed by atoms with Crippen LogP contribution in [0.1, 0.15) is 46.0 Å². The van der Waals surface area contributed by atoms with Crippen molar-refractivity contribution in [2.45, 2.75) is 64.1 Å². The van der Waals surface area contributed by atoms with Gasteiger partial charge in [0.25, 0.3) is 0 Å². The number of amides is 2. The van der Waals surface area contributed by atoms with Crippen molar-refractivity contribution in [3.05, 3.63) is 0 Å². The van der Waals surface area contributed by atoms with Gasteiger partial charge in [-0.05, 0) is 32.6 Å². The molecule has 0 aromatic rings. The lowest BCUT2D eigenvalue weighted by Gasteiger charge is -2.42. The Bertz CT molecular complexity index is 407. The van der Waals surface area contributed by atoms with Crippen LogP contribution in [0.5, 0.6) is 0 Å². The molecule has 4 nitrogen and oxygen atoms in total. The second-order valence-corrected chi connectivity index (χ2v) is 5.65. The maximum atomic E-state index is 12.6. The van der Waals surface area contributed by atoms with Crippen molar-refractivity contribution < 1.29 is 9.59 Å². The Morgan fingerprint density at radius 3 is 2.53 bits per heavy atom. The van der Waals surface area contributed by atoms with E-state index in [2.05, 4.69) is 11.2 Å². The van der Waals surface area contributed by atoms with E-state index in [9.17, 15) is 9.59 Å². The summed E-state index contributed by atoms with van der Waals surface area (Å²) in [5, 5.41) is 2.90. The van der Waals surface area contributed by atoms with Crippen LogP contribution in [0.25, 0.3) is 0 Å². The van der Waals surface area contributed by atoms with Crippen molar-refractivity contribution in [1.29, 1.82) is 0 Å². The average molecular weight is 262 g/mol. The normalized spacial score (nSPS) is 30.7. The summed E-state index contributed by atoms with van der Waals surface area (Å²) in [6.07, 6.45) is 11.0. The molecule has 0 radical (unpaired) electrons. The Hall–Kier alpha value is -1.50. The number of rotatable bonds is 2. The fourth-order valence-corrected chi connectivity index (χ4v) is 3.21. The molecule has 1 saturated carbocycles. The van der Waals surface area contributed by atoms with Crippen LogP contribution in [0.4, 0.5) is 0 Å². The van der Waals surface area contributed by atoms with Gasteiger partial charge in [-0.3, -0.25) is 9.59 Å². The smallest absolute Gasteiger partial charge is 0.247 e. The number of hydrogen-bond acceptors (Lipinski definition) is 2. The Balaban J connectivity index is 2.19. The second kappa shape index (κ2) is 5.64. The fraction of sp³-hybridized carbons (Fsp3) is 0.733. The molecule has 1 N–H and O–H groups in total. The molecule has 1 heterocycles. The summed E-state index contributed by atoms with van der Waals surface area (Å²) in [7, 11) is 0. The topological polar surface area (TPSA) is 49.4 Å². The van der Waals surface area contributed by atoms with E-state index >= 15 is 0 Å². The fourth-order valence-electron chi connectivity index (χ4n) is 3.21. The molecule has 0 bridgehead atoms. The average Bonchev–Trinajstić information content (AvgIpc) is 2.43. The van der Waals surface area contributed by atoms with E-state index in [1.165, 1.54) is 6.42 Å². The van der Waals surface area contributed by atoms with Gasteiger partial charge < -0.3 is 10.2 Å². The van der Waals surface area contributed by atoms with Gasteiger partial charge in [0.2, 0.25) is 11.8 Å². The molecule has 2 amide bonds. The van der Waals surface area contributed by atoms with Gasteiger partial charge in [0.15, 0.2) is 0 Å². The van der Waals surface area contributed by atoms with E-state index in [0.717, 1.165) is 25.7 Å². The third-order valence-corrected chi connectivity index (χ3v) is 4.39. The summed E-state index contributed by atoms with van der Waals surface area (Å²) in [5.74, 6) is 2.74. The monoisotopic (exact) mass is 262 g/mol. The first-order chi connectivity index (χ1) is 9.06. The molecule has 0 aromatic carbocycles. The van der Waals surface area contributed by atoms with Crippen LogP contribution in [-0.4, -0.2) is 34.8 Å². The van der Waals surface area contributed by atoms with Gasteiger partial charge in [-0.1, -0.05) is 25.2 Å². The summed E-state index contributed by atoms with van der Waals surface area (Å²) in [4.78, 5) is 26.2.